The number of hydrogen-bond acceptors (Lipinski definition) is 4. The SMILES string of the molecule is CC(C)(C)P(CC1C=CC=C1C(P)(c1cnccn1)c1cnccn1)C(C)(C)C. The summed E-state index contributed by atoms with van der Waals surface area (Å²) in [6.45, 7) is 14.3. The van der Waals surface area contributed by atoms with E-state index in [4.69, 9.17) is 0 Å². The monoisotopic (exact) mass is 426 g/mol. The van der Waals surface area contributed by atoms with E-state index >= 15 is 0 Å². The number of hydrogen-bond donors (Lipinski definition) is 0. The predicted molar refractivity (Wildman–Crippen MR) is 127 cm³/mol. The summed E-state index contributed by atoms with van der Waals surface area (Å²) < 4.78 is 0. The lowest BCUT2D eigenvalue weighted by atomic mass is 9.85. The van der Waals surface area contributed by atoms with E-state index in [2.05, 4.69) is 88.9 Å². The molecule has 0 N–H and O–H groups in total. The zero-order chi connectivity index (χ0) is 21.3. The topological polar surface area (TPSA) is 51.6 Å². The molecule has 2 aromatic heterocycles. The van der Waals surface area contributed by atoms with Gasteiger partial charge in [-0.3, -0.25) is 19.9 Å². The molecule has 0 bridgehead atoms. The molecule has 4 nitrogen and oxygen atoms in total. The first-order valence-electron chi connectivity index (χ1n) is 10.0. The van der Waals surface area contributed by atoms with Crippen molar-refractivity contribution < 1.29 is 0 Å². The van der Waals surface area contributed by atoms with Crippen LogP contribution in [0.15, 0.2) is 61.0 Å². The highest BCUT2D eigenvalue weighted by Crippen LogP contribution is 2.62. The fourth-order valence-corrected chi connectivity index (χ4v) is 8.71. The molecule has 2 unspecified atom stereocenters. The third kappa shape index (κ3) is 4.65. The van der Waals surface area contributed by atoms with Crippen LogP contribution in [0, 0.1) is 5.92 Å². The normalized spacial score (nSPS) is 17.7. The molecule has 0 spiro atoms. The fraction of sp³-hybridized carbons (Fsp3) is 0.478. The smallest absolute Gasteiger partial charge is 0.0933 e. The van der Waals surface area contributed by atoms with Gasteiger partial charge in [-0.2, -0.15) is 0 Å². The molecule has 0 saturated heterocycles. The van der Waals surface area contributed by atoms with Gasteiger partial charge >= 0.3 is 0 Å². The molecular formula is C23H32N4P2. The van der Waals surface area contributed by atoms with Crippen LogP contribution in [0.5, 0.6) is 0 Å². The van der Waals surface area contributed by atoms with Gasteiger partial charge in [-0.25, -0.2) is 0 Å². The molecule has 3 rings (SSSR count). The van der Waals surface area contributed by atoms with Crippen LogP contribution in [0.2, 0.25) is 0 Å². The molecule has 0 fully saturated rings. The zero-order valence-electron chi connectivity index (χ0n) is 18.3. The molecule has 1 aliphatic carbocycles. The summed E-state index contributed by atoms with van der Waals surface area (Å²) in [6, 6.07) is 0. The van der Waals surface area contributed by atoms with Gasteiger partial charge in [-0.1, -0.05) is 67.7 Å². The van der Waals surface area contributed by atoms with Crippen LogP contribution in [0.25, 0.3) is 0 Å². The quantitative estimate of drug-likeness (QED) is 0.586. The molecule has 0 aromatic carbocycles. The van der Waals surface area contributed by atoms with E-state index < -0.39 is 5.16 Å². The summed E-state index contributed by atoms with van der Waals surface area (Å²) in [6.07, 6.45) is 18.5. The van der Waals surface area contributed by atoms with Crippen molar-refractivity contribution >= 4 is 17.2 Å². The predicted octanol–water partition coefficient (Wildman–Crippen LogP) is 5.58. The van der Waals surface area contributed by atoms with Crippen molar-refractivity contribution in [3.05, 3.63) is 72.4 Å². The fourth-order valence-electron chi connectivity index (χ4n) is 4.29. The molecule has 29 heavy (non-hydrogen) atoms. The summed E-state index contributed by atoms with van der Waals surface area (Å²) in [5.41, 5.74) is 3.05. The Balaban J connectivity index is 2.05. The molecule has 0 aliphatic heterocycles. The Morgan fingerprint density at radius 2 is 1.38 bits per heavy atom. The Labute approximate surface area is 178 Å². The number of aromatic nitrogens is 4. The van der Waals surface area contributed by atoms with Gasteiger partial charge in [-0.15, -0.1) is 9.24 Å². The summed E-state index contributed by atoms with van der Waals surface area (Å²) in [5, 5.41) is 0.00298. The van der Waals surface area contributed by atoms with Gasteiger partial charge in [0.2, 0.25) is 0 Å². The Morgan fingerprint density at radius 3 is 1.79 bits per heavy atom. The highest BCUT2D eigenvalue weighted by Gasteiger charge is 2.43. The maximum Gasteiger partial charge on any atom is 0.0933 e. The van der Waals surface area contributed by atoms with Crippen molar-refractivity contribution in [2.24, 2.45) is 5.92 Å². The summed E-state index contributed by atoms with van der Waals surface area (Å²) in [4.78, 5) is 18.0. The van der Waals surface area contributed by atoms with Crippen LogP contribution < -0.4 is 0 Å². The molecule has 154 valence electrons. The van der Waals surface area contributed by atoms with Crippen molar-refractivity contribution in [1.82, 2.24) is 19.9 Å². The minimum absolute atomic E-state index is 0.239. The summed E-state index contributed by atoms with van der Waals surface area (Å²) in [5.74, 6) is 0.334. The minimum Gasteiger partial charge on any atom is -0.261 e. The molecule has 0 radical (unpaired) electrons. The molecule has 2 atom stereocenters. The van der Waals surface area contributed by atoms with Gasteiger partial charge in [-0.05, 0) is 22.0 Å². The Bertz CT molecular complexity index is 827. The number of rotatable bonds is 5. The molecule has 2 heterocycles. The largest absolute Gasteiger partial charge is 0.261 e. The molecular weight excluding hydrogens is 394 g/mol. The van der Waals surface area contributed by atoms with E-state index in [9.17, 15) is 0 Å². The van der Waals surface area contributed by atoms with Crippen molar-refractivity contribution in [3.8, 4) is 0 Å². The number of nitrogens with zero attached hydrogens (tertiary/aromatic N) is 4. The Hall–Kier alpha value is -1.50. The maximum absolute atomic E-state index is 4.67. The van der Waals surface area contributed by atoms with E-state index in [0.29, 0.717) is 5.92 Å². The molecule has 6 heteroatoms. The van der Waals surface area contributed by atoms with Gasteiger partial charge in [0.05, 0.1) is 28.9 Å². The van der Waals surface area contributed by atoms with Crippen molar-refractivity contribution in [1.29, 1.82) is 0 Å². The lowest BCUT2D eigenvalue weighted by molar-refractivity contribution is 0.664. The average Bonchev–Trinajstić information content (AvgIpc) is 3.14. The Morgan fingerprint density at radius 1 is 0.862 bits per heavy atom. The van der Waals surface area contributed by atoms with Crippen molar-refractivity contribution in [3.63, 3.8) is 0 Å². The standard InChI is InChI=1S/C23H32N4P2/c1-21(2,3)29(22(4,5)6)16-17-8-7-9-18(17)23(28,19-14-24-10-12-26-19)20-15-25-11-13-27-20/h7-15,17H,16,28H2,1-6H3. The first-order valence-corrected chi connectivity index (χ1v) is 12.1. The van der Waals surface area contributed by atoms with Gasteiger partial charge in [0.1, 0.15) is 0 Å². The van der Waals surface area contributed by atoms with Crippen LogP contribution in [0.4, 0.5) is 0 Å². The van der Waals surface area contributed by atoms with Gasteiger partial charge < -0.3 is 0 Å². The summed E-state index contributed by atoms with van der Waals surface area (Å²) in [7, 11) is 2.79. The Kier molecular flexibility index (Phi) is 6.37. The van der Waals surface area contributed by atoms with Gasteiger partial charge in [0, 0.05) is 30.7 Å². The van der Waals surface area contributed by atoms with E-state index in [0.717, 1.165) is 17.5 Å². The zero-order valence-corrected chi connectivity index (χ0v) is 20.3. The van der Waals surface area contributed by atoms with Gasteiger partial charge in [0.25, 0.3) is 0 Å². The van der Waals surface area contributed by atoms with E-state index in [1.54, 1.807) is 24.8 Å². The van der Waals surface area contributed by atoms with Crippen molar-refractivity contribution in [2.75, 3.05) is 6.16 Å². The first kappa shape index (κ1) is 22.2. The number of allylic oxidation sites excluding steroid dienone is 4. The van der Waals surface area contributed by atoms with E-state index in [1.807, 2.05) is 12.4 Å². The van der Waals surface area contributed by atoms with Crippen LogP contribution in [0.3, 0.4) is 0 Å². The summed E-state index contributed by atoms with van der Waals surface area (Å²) >= 11 is 0. The average molecular weight is 426 g/mol. The van der Waals surface area contributed by atoms with E-state index in [-0.39, 0.29) is 18.2 Å². The van der Waals surface area contributed by atoms with Gasteiger partial charge in [0.15, 0.2) is 0 Å². The molecule has 2 aromatic rings. The van der Waals surface area contributed by atoms with Crippen LogP contribution in [0.1, 0.15) is 52.9 Å². The minimum atomic E-state index is -0.548. The van der Waals surface area contributed by atoms with Crippen LogP contribution >= 0.6 is 17.2 Å². The lowest BCUT2D eigenvalue weighted by Crippen LogP contribution is -2.33. The third-order valence-electron chi connectivity index (χ3n) is 5.41. The lowest BCUT2D eigenvalue weighted by Gasteiger charge is -2.44. The third-order valence-corrected chi connectivity index (χ3v) is 10.3. The highest BCUT2D eigenvalue weighted by molar-refractivity contribution is 7.60. The molecule has 0 amide bonds. The molecule has 1 aliphatic rings. The highest BCUT2D eigenvalue weighted by atomic mass is 31.1. The second-order valence-electron chi connectivity index (χ2n) is 9.55. The maximum atomic E-state index is 4.67. The second kappa shape index (κ2) is 8.32. The van der Waals surface area contributed by atoms with Crippen LogP contribution in [-0.4, -0.2) is 36.4 Å². The second-order valence-corrected chi connectivity index (χ2v) is 14.3. The molecule has 0 saturated carbocycles. The van der Waals surface area contributed by atoms with Crippen molar-refractivity contribution in [2.45, 2.75) is 57.0 Å². The first-order chi connectivity index (χ1) is 13.5. The van der Waals surface area contributed by atoms with Crippen LogP contribution in [-0.2, 0) is 5.16 Å². The van der Waals surface area contributed by atoms with E-state index in [1.165, 1.54) is 5.57 Å².